The first-order chi connectivity index (χ1) is 18.3. The van der Waals surface area contributed by atoms with Crippen molar-refractivity contribution in [1.82, 2.24) is 9.62 Å². The van der Waals surface area contributed by atoms with E-state index in [1.165, 1.54) is 6.07 Å². The largest absolute Gasteiger partial charge is 0.492 e. The SMILES string of the molecule is CCCCOc1ccccc1S(=O)(=O)NC(=O)C1CCC(N2CCC(Oc3ccc(Cl)c(Cl)c3)CC2)CC1. The molecule has 2 aromatic rings. The predicted octanol–water partition coefficient (Wildman–Crippen LogP) is 6.08. The second kappa shape index (κ2) is 13.4. The van der Waals surface area contributed by atoms with Gasteiger partial charge in [-0.3, -0.25) is 4.79 Å². The number of ether oxygens (including phenoxy) is 2. The molecule has 7 nitrogen and oxygen atoms in total. The predicted molar refractivity (Wildman–Crippen MR) is 150 cm³/mol. The van der Waals surface area contributed by atoms with Crippen LogP contribution in [0.5, 0.6) is 11.5 Å². The van der Waals surface area contributed by atoms with Gasteiger partial charge in [0.2, 0.25) is 5.91 Å². The number of carbonyl (C=O) groups is 1. The van der Waals surface area contributed by atoms with Crippen LogP contribution >= 0.6 is 23.2 Å². The van der Waals surface area contributed by atoms with E-state index in [-0.39, 0.29) is 22.7 Å². The number of benzene rings is 2. The molecule has 38 heavy (non-hydrogen) atoms. The van der Waals surface area contributed by atoms with Crippen LogP contribution in [-0.2, 0) is 14.8 Å². The van der Waals surface area contributed by atoms with E-state index in [2.05, 4.69) is 9.62 Å². The highest BCUT2D eigenvalue weighted by atomic mass is 35.5. The molecule has 0 atom stereocenters. The number of carbonyl (C=O) groups excluding carboxylic acids is 1. The Morgan fingerprint density at radius 1 is 1.00 bits per heavy atom. The third-order valence-corrected chi connectivity index (χ3v) is 9.51. The van der Waals surface area contributed by atoms with E-state index in [0.29, 0.717) is 35.5 Å². The van der Waals surface area contributed by atoms with Crippen LogP contribution in [0.1, 0.15) is 58.3 Å². The highest BCUT2D eigenvalue weighted by Crippen LogP contribution is 2.32. The average Bonchev–Trinajstić information content (AvgIpc) is 2.91. The van der Waals surface area contributed by atoms with Crippen LogP contribution in [-0.4, -0.2) is 51.1 Å². The molecule has 0 bridgehead atoms. The quantitative estimate of drug-likeness (QED) is 0.342. The zero-order valence-corrected chi connectivity index (χ0v) is 24.0. The fourth-order valence-corrected chi connectivity index (χ4v) is 6.67. The lowest BCUT2D eigenvalue weighted by molar-refractivity contribution is -0.124. The maximum atomic E-state index is 13.0. The van der Waals surface area contributed by atoms with Crippen LogP contribution in [0.3, 0.4) is 0 Å². The number of hydrogen-bond acceptors (Lipinski definition) is 6. The smallest absolute Gasteiger partial charge is 0.267 e. The van der Waals surface area contributed by atoms with Gasteiger partial charge in [-0.2, -0.15) is 0 Å². The Bertz CT molecular complexity index is 1190. The molecule has 1 saturated carbocycles. The summed E-state index contributed by atoms with van der Waals surface area (Å²) in [5.74, 6) is 0.260. The number of hydrogen-bond donors (Lipinski definition) is 1. The van der Waals surface area contributed by atoms with Gasteiger partial charge in [0.15, 0.2) is 0 Å². The van der Waals surface area contributed by atoms with Crippen molar-refractivity contribution in [2.24, 2.45) is 5.92 Å². The Hall–Kier alpha value is -2.00. The van der Waals surface area contributed by atoms with Crippen LogP contribution in [0.15, 0.2) is 47.4 Å². The van der Waals surface area contributed by atoms with Gasteiger partial charge in [-0.1, -0.05) is 48.7 Å². The number of nitrogens with one attached hydrogen (secondary N) is 1. The summed E-state index contributed by atoms with van der Waals surface area (Å²) in [6.45, 7) is 4.32. The van der Waals surface area contributed by atoms with E-state index in [1.807, 2.05) is 13.0 Å². The second-order valence-corrected chi connectivity index (χ2v) is 12.5. The molecule has 1 aliphatic carbocycles. The topological polar surface area (TPSA) is 84.9 Å². The lowest BCUT2D eigenvalue weighted by Crippen LogP contribution is -2.46. The fourth-order valence-electron chi connectivity index (χ4n) is 5.19. The van der Waals surface area contributed by atoms with Crippen molar-refractivity contribution in [3.05, 3.63) is 52.5 Å². The van der Waals surface area contributed by atoms with E-state index in [1.54, 1.807) is 30.3 Å². The van der Waals surface area contributed by atoms with Gasteiger partial charge in [0.1, 0.15) is 22.5 Å². The summed E-state index contributed by atoms with van der Waals surface area (Å²) in [7, 11) is -4.01. The summed E-state index contributed by atoms with van der Waals surface area (Å²) in [6, 6.07) is 12.2. The summed E-state index contributed by atoms with van der Waals surface area (Å²) in [4.78, 5) is 15.4. The van der Waals surface area contributed by atoms with Crippen molar-refractivity contribution < 1.29 is 22.7 Å². The molecule has 0 aromatic heterocycles. The zero-order chi connectivity index (χ0) is 27.1. The van der Waals surface area contributed by atoms with Crippen LogP contribution < -0.4 is 14.2 Å². The molecule has 10 heteroatoms. The molecule has 2 aromatic carbocycles. The van der Waals surface area contributed by atoms with Crippen molar-refractivity contribution in [3.8, 4) is 11.5 Å². The number of likely N-dealkylation sites (tertiary alicyclic amines) is 1. The van der Waals surface area contributed by atoms with E-state index >= 15 is 0 Å². The van der Waals surface area contributed by atoms with Crippen LogP contribution in [0.25, 0.3) is 0 Å². The fraction of sp³-hybridized carbons (Fsp3) is 0.536. The maximum Gasteiger partial charge on any atom is 0.267 e. The van der Waals surface area contributed by atoms with Crippen molar-refractivity contribution in [2.45, 2.75) is 75.3 Å². The van der Waals surface area contributed by atoms with E-state index in [9.17, 15) is 13.2 Å². The molecule has 1 heterocycles. The Morgan fingerprint density at radius 3 is 2.39 bits per heavy atom. The number of halogens is 2. The van der Waals surface area contributed by atoms with Gasteiger partial charge in [0, 0.05) is 31.1 Å². The van der Waals surface area contributed by atoms with Crippen LogP contribution in [0, 0.1) is 5.92 Å². The molecule has 1 N–H and O–H groups in total. The van der Waals surface area contributed by atoms with Gasteiger partial charge in [-0.25, -0.2) is 13.1 Å². The minimum Gasteiger partial charge on any atom is -0.492 e. The first-order valence-electron chi connectivity index (χ1n) is 13.4. The summed E-state index contributed by atoms with van der Waals surface area (Å²) >= 11 is 12.1. The van der Waals surface area contributed by atoms with Crippen molar-refractivity contribution in [2.75, 3.05) is 19.7 Å². The highest BCUT2D eigenvalue weighted by molar-refractivity contribution is 7.90. The van der Waals surface area contributed by atoms with Crippen molar-refractivity contribution in [1.29, 1.82) is 0 Å². The Labute approximate surface area is 235 Å². The number of amides is 1. The van der Waals surface area contributed by atoms with E-state index in [0.717, 1.165) is 57.4 Å². The van der Waals surface area contributed by atoms with Gasteiger partial charge >= 0.3 is 0 Å². The van der Waals surface area contributed by atoms with Crippen LogP contribution in [0.2, 0.25) is 10.0 Å². The standard InChI is InChI=1S/C28H36Cl2N2O5S/c1-2-3-18-36-26-6-4-5-7-27(26)38(34,35)31-28(33)20-8-10-21(11-9-20)32-16-14-22(15-17-32)37-23-12-13-24(29)25(30)19-23/h4-7,12-13,19-22H,2-3,8-11,14-18H2,1H3,(H,31,33). The molecule has 1 saturated heterocycles. The Balaban J connectivity index is 1.24. The second-order valence-electron chi connectivity index (χ2n) is 10.1. The van der Waals surface area contributed by atoms with Gasteiger partial charge in [0.05, 0.1) is 16.7 Å². The first-order valence-corrected chi connectivity index (χ1v) is 15.6. The van der Waals surface area contributed by atoms with E-state index < -0.39 is 15.9 Å². The third kappa shape index (κ3) is 7.56. The highest BCUT2D eigenvalue weighted by Gasteiger charge is 2.33. The molecule has 2 fully saturated rings. The third-order valence-electron chi connectivity index (χ3n) is 7.38. The molecule has 2 aliphatic rings. The molecule has 0 radical (unpaired) electrons. The van der Waals surface area contributed by atoms with Gasteiger partial charge in [-0.15, -0.1) is 0 Å². The van der Waals surface area contributed by atoms with Gasteiger partial charge in [0.25, 0.3) is 10.0 Å². The Kier molecular flexibility index (Phi) is 10.2. The molecule has 4 rings (SSSR count). The number of nitrogens with zero attached hydrogens (tertiary/aromatic N) is 1. The minimum atomic E-state index is -4.01. The molecule has 1 amide bonds. The van der Waals surface area contributed by atoms with Gasteiger partial charge < -0.3 is 14.4 Å². The van der Waals surface area contributed by atoms with Gasteiger partial charge in [-0.05, 0) is 69.2 Å². The lowest BCUT2D eigenvalue weighted by Gasteiger charge is -2.40. The number of para-hydroxylation sites is 1. The van der Waals surface area contributed by atoms with Crippen molar-refractivity contribution >= 4 is 39.1 Å². The molecular weight excluding hydrogens is 547 g/mol. The molecule has 0 unspecified atom stereocenters. The summed E-state index contributed by atoms with van der Waals surface area (Å²) in [5.41, 5.74) is 0. The molecule has 1 aliphatic heterocycles. The lowest BCUT2D eigenvalue weighted by atomic mass is 9.84. The van der Waals surface area contributed by atoms with Crippen LogP contribution in [0.4, 0.5) is 0 Å². The monoisotopic (exact) mass is 582 g/mol. The van der Waals surface area contributed by atoms with Crippen molar-refractivity contribution in [3.63, 3.8) is 0 Å². The maximum absolute atomic E-state index is 13.0. The normalized spacial score (nSPS) is 21.1. The first kappa shape index (κ1) is 29.0. The summed E-state index contributed by atoms with van der Waals surface area (Å²) < 4.78 is 40.1. The molecule has 0 spiro atoms. The zero-order valence-electron chi connectivity index (χ0n) is 21.7. The number of rotatable bonds is 10. The minimum absolute atomic E-state index is 0.00380. The van der Waals surface area contributed by atoms with E-state index in [4.69, 9.17) is 32.7 Å². The Morgan fingerprint density at radius 2 is 1.71 bits per heavy atom. The molecular formula is C28H36Cl2N2O5S. The number of unbranched alkanes of at least 4 members (excludes halogenated alkanes) is 1. The number of sulfonamides is 1. The number of piperidine rings is 1. The summed E-state index contributed by atoms with van der Waals surface area (Å²) in [6.07, 6.45) is 6.80. The summed E-state index contributed by atoms with van der Waals surface area (Å²) in [5, 5.41) is 0.997. The average molecular weight is 584 g/mol. The molecule has 208 valence electrons.